The molecule has 2 aromatic carbocycles. The molecule has 2 aromatic rings. The van der Waals surface area contributed by atoms with Crippen LogP contribution in [-0.2, 0) is 26.6 Å². The average Bonchev–Trinajstić information content (AvgIpc) is 3.19. The van der Waals surface area contributed by atoms with E-state index in [9.17, 15) is 4.79 Å². The molecule has 0 radical (unpaired) electrons. The number of anilines is 1. The summed E-state index contributed by atoms with van der Waals surface area (Å²) >= 11 is 0. The zero-order valence-corrected chi connectivity index (χ0v) is 13.5. The van der Waals surface area contributed by atoms with E-state index in [1.54, 1.807) is 4.90 Å². The van der Waals surface area contributed by atoms with Gasteiger partial charge in [-0.05, 0) is 30.7 Å². The largest absolute Gasteiger partial charge is 0.494 e. The third-order valence-corrected chi connectivity index (χ3v) is 4.35. The molecule has 0 N–H and O–H groups in total. The fraction of sp³-hybridized carbons (Fsp3) is 0.316. The van der Waals surface area contributed by atoms with Gasteiger partial charge >= 0.3 is 0 Å². The predicted molar refractivity (Wildman–Crippen MR) is 88.8 cm³/mol. The minimum Gasteiger partial charge on any atom is -0.494 e. The topological polar surface area (TPSA) is 48.0 Å². The van der Waals surface area contributed by atoms with Crippen LogP contribution in [0.15, 0.2) is 48.5 Å². The van der Waals surface area contributed by atoms with Gasteiger partial charge < -0.3 is 19.1 Å². The number of carbonyl (C=O) groups is 1. The van der Waals surface area contributed by atoms with Crippen molar-refractivity contribution in [3.8, 4) is 5.75 Å². The summed E-state index contributed by atoms with van der Waals surface area (Å²) in [7, 11) is 0. The van der Waals surface area contributed by atoms with E-state index in [-0.39, 0.29) is 5.91 Å². The van der Waals surface area contributed by atoms with Crippen molar-refractivity contribution in [3.05, 3.63) is 59.7 Å². The Morgan fingerprint density at radius 3 is 2.50 bits per heavy atom. The van der Waals surface area contributed by atoms with E-state index in [0.717, 1.165) is 22.6 Å². The first kappa shape index (κ1) is 15.2. The van der Waals surface area contributed by atoms with Gasteiger partial charge in [0.2, 0.25) is 0 Å². The van der Waals surface area contributed by atoms with Gasteiger partial charge in [-0.1, -0.05) is 30.3 Å². The van der Waals surface area contributed by atoms with Crippen LogP contribution in [0.5, 0.6) is 5.75 Å². The number of hydrogen-bond donors (Lipinski definition) is 0. The summed E-state index contributed by atoms with van der Waals surface area (Å²) in [4.78, 5) is 14.7. The van der Waals surface area contributed by atoms with Gasteiger partial charge in [0, 0.05) is 5.56 Å². The van der Waals surface area contributed by atoms with Crippen molar-refractivity contribution in [1.82, 2.24) is 0 Å². The second kappa shape index (κ2) is 5.92. The van der Waals surface area contributed by atoms with Crippen LogP contribution in [0.1, 0.15) is 18.1 Å². The van der Waals surface area contributed by atoms with E-state index in [1.165, 1.54) is 0 Å². The molecule has 4 rings (SSSR count). The van der Waals surface area contributed by atoms with E-state index >= 15 is 0 Å². The SMILES string of the molecule is CCOc1ccc(CN2C(=O)C3(OCCO3)c3ccccc32)cc1. The van der Waals surface area contributed by atoms with Crippen LogP contribution in [0.2, 0.25) is 0 Å². The molecule has 0 aromatic heterocycles. The fourth-order valence-electron chi connectivity index (χ4n) is 3.28. The Morgan fingerprint density at radius 1 is 1.08 bits per heavy atom. The zero-order valence-electron chi connectivity index (χ0n) is 13.5. The molecular weight excluding hydrogens is 306 g/mol. The van der Waals surface area contributed by atoms with Crippen molar-refractivity contribution in [2.75, 3.05) is 24.7 Å². The number of hydrogen-bond acceptors (Lipinski definition) is 4. The normalized spacial score (nSPS) is 18.2. The molecule has 24 heavy (non-hydrogen) atoms. The van der Waals surface area contributed by atoms with Gasteiger partial charge in [0.1, 0.15) is 5.75 Å². The molecule has 0 bridgehead atoms. The third kappa shape index (κ3) is 2.28. The molecule has 1 spiro atoms. The van der Waals surface area contributed by atoms with Gasteiger partial charge in [0.05, 0.1) is 32.1 Å². The minimum atomic E-state index is -1.26. The predicted octanol–water partition coefficient (Wildman–Crippen LogP) is 2.83. The van der Waals surface area contributed by atoms with Crippen LogP contribution in [0, 0.1) is 0 Å². The lowest BCUT2D eigenvalue weighted by Gasteiger charge is -2.22. The number of rotatable bonds is 4. The van der Waals surface area contributed by atoms with Crippen molar-refractivity contribution in [2.24, 2.45) is 0 Å². The molecule has 5 nitrogen and oxygen atoms in total. The number of benzene rings is 2. The lowest BCUT2D eigenvalue weighted by molar-refractivity contribution is -0.180. The van der Waals surface area contributed by atoms with Gasteiger partial charge in [-0.25, -0.2) is 0 Å². The lowest BCUT2D eigenvalue weighted by atomic mass is 10.1. The first-order valence-electron chi connectivity index (χ1n) is 8.16. The Balaban J connectivity index is 1.65. The molecule has 1 saturated heterocycles. The molecule has 2 aliphatic rings. The monoisotopic (exact) mass is 325 g/mol. The number of fused-ring (bicyclic) bond motifs is 2. The van der Waals surface area contributed by atoms with Gasteiger partial charge in [-0.3, -0.25) is 4.79 Å². The Bertz CT molecular complexity index is 750. The highest BCUT2D eigenvalue weighted by molar-refractivity contribution is 6.06. The lowest BCUT2D eigenvalue weighted by Crippen LogP contribution is -2.40. The summed E-state index contributed by atoms with van der Waals surface area (Å²) in [6.45, 7) is 3.91. The Morgan fingerprint density at radius 2 is 1.79 bits per heavy atom. The molecule has 0 atom stereocenters. The molecule has 0 aliphatic carbocycles. The van der Waals surface area contributed by atoms with E-state index in [2.05, 4.69) is 0 Å². The van der Waals surface area contributed by atoms with Crippen LogP contribution in [0.4, 0.5) is 5.69 Å². The Kier molecular flexibility index (Phi) is 3.75. The number of carbonyl (C=O) groups excluding carboxylic acids is 1. The Labute approximate surface area is 140 Å². The molecule has 1 amide bonds. The van der Waals surface area contributed by atoms with Gasteiger partial charge in [-0.15, -0.1) is 0 Å². The van der Waals surface area contributed by atoms with E-state index in [0.29, 0.717) is 26.4 Å². The van der Waals surface area contributed by atoms with Crippen molar-refractivity contribution >= 4 is 11.6 Å². The molecule has 2 aliphatic heterocycles. The summed E-state index contributed by atoms with van der Waals surface area (Å²) in [5.41, 5.74) is 2.66. The van der Waals surface area contributed by atoms with Crippen molar-refractivity contribution in [1.29, 1.82) is 0 Å². The van der Waals surface area contributed by atoms with Crippen LogP contribution >= 0.6 is 0 Å². The first-order valence-corrected chi connectivity index (χ1v) is 8.16. The summed E-state index contributed by atoms with van der Waals surface area (Å²) in [5, 5.41) is 0. The van der Waals surface area contributed by atoms with Crippen LogP contribution in [-0.4, -0.2) is 25.7 Å². The molecule has 0 saturated carbocycles. The minimum absolute atomic E-state index is 0.157. The molecular formula is C19H19NO4. The quantitative estimate of drug-likeness (QED) is 0.867. The van der Waals surface area contributed by atoms with Crippen LogP contribution in [0.25, 0.3) is 0 Å². The smallest absolute Gasteiger partial charge is 0.292 e. The highest BCUT2D eigenvalue weighted by Crippen LogP contribution is 2.46. The number of ether oxygens (including phenoxy) is 3. The maximum absolute atomic E-state index is 13.0. The van der Waals surface area contributed by atoms with E-state index in [4.69, 9.17) is 14.2 Å². The molecule has 5 heteroatoms. The van der Waals surface area contributed by atoms with Gasteiger partial charge in [0.25, 0.3) is 11.7 Å². The van der Waals surface area contributed by atoms with E-state index < -0.39 is 5.79 Å². The number of amides is 1. The maximum atomic E-state index is 13.0. The number of para-hydroxylation sites is 1. The van der Waals surface area contributed by atoms with Crippen LogP contribution < -0.4 is 9.64 Å². The second-order valence-corrected chi connectivity index (χ2v) is 5.80. The summed E-state index contributed by atoms with van der Waals surface area (Å²) in [6.07, 6.45) is 0. The third-order valence-electron chi connectivity index (χ3n) is 4.35. The fourth-order valence-corrected chi connectivity index (χ4v) is 3.28. The highest BCUT2D eigenvalue weighted by atomic mass is 16.7. The molecule has 124 valence electrons. The van der Waals surface area contributed by atoms with Crippen molar-refractivity contribution < 1.29 is 19.0 Å². The summed E-state index contributed by atoms with van der Waals surface area (Å²) in [5.74, 6) is -0.592. The summed E-state index contributed by atoms with van der Waals surface area (Å²) < 4.78 is 16.9. The molecule has 1 fully saturated rings. The highest BCUT2D eigenvalue weighted by Gasteiger charge is 2.55. The summed E-state index contributed by atoms with van der Waals surface area (Å²) in [6, 6.07) is 15.4. The standard InChI is InChI=1S/C19H19NO4/c1-2-22-15-9-7-14(8-10-15)13-20-17-6-4-3-5-16(17)19(18(20)21)23-11-12-24-19/h3-10H,2,11-13H2,1H3. The maximum Gasteiger partial charge on any atom is 0.292 e. The van der Waals surface area contributed by atoms with Gasteiger partial charge in [0.15, 0.2) is 0 Å². The first-order chi connectivity index (χ1) is 11.7. The van der Waals surface area contributed by atoms with Gasteiger partial charge in [-0.2, -0.15) is 0 Å². The number of nitrogens with zero attached hydrogens (tertiary/aromatic N) is 1. The Hall–Kier alpha value is -2.37. The van der Waals surface area contributed by atoms with Crippen molar-refractivity contribution in [2.45, 2.75) is 19.3 Å². The van der Waals surface area contributed by atoms with Crippen LogP contribution in [0.3, 0.4) is 0 Å². The zero-order chi connectivity index (χ0) is 16.6. The molecule has 0 unspecified atom stereocenters. The van der Waals surface area contributed by atoms with Crippen molar-refractivity contribution in [3.63, 3.8) is 0 Å². The second-order valence-electron chi connectivity index (χ2n) is 5.80. The average molecular weight is 325 g/mol. The van der Waals surface area contributed by atoms with E-state index in [1.807, 2.05) is 55.5 Å². The molecule has 2 heterocycles.